The largest absolute Gasteiger partial charge is 0.466 e. The second-order valence-corrected chi connectivity index (χ2v) is 10.2. The Labute approximate surface area is 209 Å². The number of esters is 1. The van der Waals surface area contributed by atoms with Crippen LogP contribution in [0, 0.1) is 24.2 Å². The van der Waals surface area contributed by atoms with Crippen LogP contribution in [-0.4, -0.2) is 51.4 Å². The third-order valence-electron chi connectivity index (χ3n) is 6.19. The van der Waals surface area contributed by atoms with E-state index in [0.29, 0.717) is 65.3 Å². The maximum absolute atomic E-state index is 13.1. The number of nitrogens with zero attached hydrogens (tertiary/aromatic N) is 4. The molecule has 2 aliphatic heterocycles. The highest BCUT2D eigenvalue weighted by Crippen LogP contribution is 2.37. The van der Waals surface area contributed by atoms with Crippen LogP contribution in [0.15, 0.2) is 9.70 Å². The molecule has 1 aromatic rings. The lowest BCUT2D eigenvalue weighted by molar-refractivity contribution is -0.148. The van der Waals surface area contributed by atoms with Gasteiger partial charge in [0.05, 0.1) is 17.4 Å². The number of aromatic nitrogens is 1. The van der Waals surface area contributed by atoms with Crippen molar-refractivity contribution in [2.24, 2.45) is 5.92 Å². The van der Waals surface area contributed by atoms with E-state index in [1.807, 2.05) is 26.8 Å². The summed E-state index contributed by atoms with van der Waals surface area (Å²) in [5.74, 6) is 0.122. The number of piperidine rings is 1. The fourth-order valence-corrected chi connectivity index (χ4v) is 5.93. The molecule has 0 radical (unpaired) electrons. The Kier molecular flexibility index (Phi) is 8.21. The van der Waals surface area contributed by atoms with Crippen LogP contribution in [0.5, 0.6) is 0 Å². The van der Waals surface area contributed by atoms with Crippen LogP contribution in [0.1, 0.15) is 57.2 Å². The summed E-state index contributed by atoms with van der Waals surface area (Å²) in [6.07, 6.45) is 2.96. The molecule has 10 heteroatoms. The molecule has 34 heavy (non-hydrogen) atoms. The predicted octanol–water partition coefficient (Wildman–Crippen LogP) is 3.44. The SMILES string of the molecule is CCOC(=O)C1CCN(c2c(/C=C3\SC(=S)N(C(C)C)C3=O)c(C)c(C#N)c(=O)n2CC)CC1. The first-order valence-electron chi connectivity index (χ1n) is 11.5. The van der Waals surface area contributed by atoms with Crippen LogP contribution in [0.3, 0.4) is 0 Å². The zero-order chi connectivity index (χ0) is 25.2. The minimum absolute atomic E-state index is 0.0672. The molecule has 182 valence electrons. The lowest BCUT2D eigenvalue weighted by atomic mass is 9.95. The summed E-state index contributed by atoms with van der Waals surface area (Å²) in [4.78, 5) is 42.5. The van der Waals surface area contributed by atoms with Gasteiger partial charge in [-0.3, -0.25) is 23.9 Å². The van der Waals surface area contributed by atoms with E-state index in [1.54, 1.807) is 29.4 Å². The monoisotopic (exact) mass is 502 g/mol. The smallest absolute Gasteiger partial charge is 0.309 e. The van der Waals surface area contributed by atoms with Crippen molar-refractivity contribution in [2.45, 2.75) is 60.0 Å². The van der Waals surface area contributed by atoms with E-state index in [9.17, 15) is 19.6 Å². The molecule has 3 rings (SSSR count). The molecule has 0 unspecified atom stereocenters. The number of amides is 1. The van der Waals surface area contributed by atoms with Gasteiger partial charge in [0.15, 0.2) is 0 Å². The highest BCUT2D eigenvalue weighted by molar-refractivity contribution is 8.26. The normalized spacial score (nSPS) is 18.2. The Bertz CT molecular complexity index is 1140. The summed E-state index contributed by atoms with van der Waals surface area (Å²) in [6, 6.07) is 1.98. The summed E-state index contributed by atoms with van der Waals surface area (Å²) in [5.41, 5.74) is 0.917. The van der Waals surface area contributed by atoms with Gasteiger partial charge in [0.2, 0.25) is 0 Å². The minimum Gasteiger partial charge on any atom is -0.466 e. The minimum atomic E-state index is -0.350. The molecule has 1 aromatic heterocycles. The highest BCUT2D eigenvalue weighted by atomic mass is 32.2. The number of hydrogen-bond acceptors (Lipinski definition) is 8. The number of carbonyl (C=O) groups is 2. The molecule has 0 bridgehead atoms. The van der Waals surface area contributed by atoms with Crippen molar-refractivity contribution in [3.05, 3.63) is 31.9 Å². The van der Waals surface area contributed by atoms with Crippen molar-refractivity contribution < 1.29 is 14.3 Å². The first-order chi connectivity index (χ1) is 16.2. The third kappa shape index (κ3) is 4.77. The van der Waals surface area contributed by atoms with Gasteiger partial charge in [-0.15, -0.1) is 0 Å². The maximum atomic E-state index is 13.1. The Morgan fingerprint density at radius 3 is 2.44 bits per heavy atom. The van der Waals surface area contributed by atoms with Gasteiger partial charge in [-0.1, -0.05) is 24.0 Å². The molecule has 0 aromatic carbocycles. The summed E-state index contributed by atoms with van der Waals surface area (Å²) >= 11 is 6.65. The maximum Gasteiger partial charge on any atom is 0.309 e. The average Bonchev–Trinajstić information content (AvgIpc) is 3.08. The molecule has 2 fully saturated rings. The van der Waals surface area contributed by atoms with Crippen molar-refractivity contribution in [1.29, 1.82) is 5.26 Å². The molecule has 0 atom stereocenters. The molecular weight excluding hydrogens is 472 g/mol. The Morgan fingerprint density at radius 2 is 1.94 bits per heavy atom. The van der Waals surface area contributed by atoms with Crippen LogP contribution in [0.25, 0.3) is 6.08 Å². The molecule has 3 heterocycles. The van der Waals surface area contributed by atoms with E-state index in [1.165, 1.54) is 11.8 Å². The summed E-state index contributed by atoms with van der Waals surface area (Å²) in [5, 5.41) is 9.71. The molecule has 0 N–H and O–H groups in total. The summed E-state index contributed by atoms with van der Waals surface area (Å²) < 4.78 is 7.26. The molecule has 2 aliphatic rings. The van der Waals surface area contributed by atoms with Gasteiger partial charge in [-0.25, -0.2) is 0 Å². The number of carbonyl (C=O) groups excluding carboxylic acids is 2. The number of anilines is 1. The van der Waals surface area contributed by atoms with Gasteiger partial charge in [-0.05, 0) is 59.1 Å². The van der Waals surface area contributed by atoms with Crippen LogP contribution in [0.2, 0.25) is 0 Å². The molecule has 1 amide bonds. The van der Waals surface area contributed by atoms with Crippen LogP contribution >= 0.6 is 24.0 Å². The van der Waals surface area contributed by atoms with Gasteiger partial charge in [0.25, 0.3) is 11.5 Å². The van der Waals surface area contributed by atoms with Crippen LogP contribution in [0.4, 0.5) is 5.82 Å². The molecule has 8 nitrogen and oxygen atoms in total. The van der Waals surface area contributed by atoms with Gasteiger partial charge in [0.1, 0.15) is 21.8 Å². The fraction of sp³-hybridized carbons (Fsp3) is 0.542. The standard InChI is InChI=1S/C24H30N4O4S2/c1-6-27-20(26-10-8-16(9-11-26)23(31)32-7-2)17(15(5)18(13-25)21(27)29)12-19-22(30)28(14(3)4)24(33)34-19/h12,14,16H,6-11H2,1-5H3/b19-12-. The lowest BCUT2D eigenvalue weighted by Gasteiger charge is -2.35. The van der Waals surface area contributed by atoms with Crippen LogP contribution < -0.4 is 10.5 Å². The second-order valence-electron chi connectivity index (χ2n) is 8.56. The number of nitriles is 1. The molecule has 0 aliphatic carbocycles. The van der Waals surface area contributed by atoms with Crippen LogP contribution in [-0.2, 0) is 20.9 Å². The molecule has 0 saturated carbocycles. The van der Waals surface area contributed by atoms with Gasteiger partial charge in [-0.2, -0.15) is 5.26 Å². The van der Waals surface area contributed by atoms with Gasteiger partial charge in [0, 0.05) is 31.2 Å². The summed E-state index contributed by atoms with van der Waals surface area (Å²) in [7, 11) is 0. The molecular formula is C24H30N4O4S2. The van der Waals surface area contributed by atoms with E-state index >= 15 is 0 Å². The Morgan fingerprint density at radius 1 is 1.29 bits per heavy atom. The molecule has 0 spiro atoms. The molecule has 2 saturated heterocycles. The Hall–Kier alpha value is -2.64. The van der Waals surface area contributed by atoms with Gasteiger partial charge < -0.3 is 9.64 Å². The zero-order valence-corrected chi connectivity index (χ0v) is 21.8. The van der Waals surface area contributed by atoms with Crippen molar-refractivity contribution in [2.75, 3.05) is 24.6 Å². The van der Waals surface area contributed by atoms with Crippen molar-refractivity contribution >= 4 is 52.1 Å². The first kappa shape index (κ1) is 26.0. The number of pyridine rings is 1. The number of ether oxygens (including phenoxy) is 1. The van der Waals surface area contributed by atoms with E-state index in [4.69, 9.17) is 17.0 Å². The fourth-order valence-electron chi connectivity index (χ4n) is 4.42. The van der Waals surface area contributed by atoms with Crippen molar-refractivity contribution in [3.63, 3.8) is 0 Å². The van der Waals surface area contributed by atoms with Crippen molar-refractivity contribution in [1.82, 2.24) is 9.47 Å². The second kappa shape index (κ2) is 10.7. The van der Waals surface area contributed by atoms with E-state index in [2.05, 4.69) is 4.90 Å². The number of hydrogen-bond donors (Lipinski definition) is 0. The third-order valence-corrected chi connectivity index (χ3v) is 7.52. The van der Waals surface area contributed by atoms with E-state index in [-0.39, 0.29) is 35.0 Å². The lowest BCUT2D eigenvalue weighted by Crippen LogP contribution is -2.41. The summed E-state index contributed by atoms with van der Waals surface area (Å²) in [6.45, 7) is 11.0. The number of thioether (sulfide) groups is 1. The number of rotatable bonds is 6. The van der Waals surface area contributed by atoms with Gasteiger partial charge >= 0.3 is 5.97 Å². The Balaban J connectivity index is 2.11. The topological polar surface area (TPSA) is 95.6 Å². The van der Waals surface area contributed by atoms with Crippen molar-refractivity contribution in [3.8, 4) is 6.07 Å². The van der Waals surface area contributed by atoms with E-state index in [0.717, 1.165) is 0 Å². The zero-order valence-electron chi connectivity index (χ0n) is 20.2. The first-order valence-corrected chi connectivity index (χ1v) is 12.7. The van der Waals surface area contributed by atoms with E-state index < -0.39 is 0 Å². The quantitative estimate of drug-likeness (QED) is 0.332. The highest BCUT2D eigenvalue weighted by Gasteiger charge is 2.35. The average molecular weight is 503 g/mol. The number of thiocarbonyl (C=S) groups is 1. The predicted molar refractivity (Wildman–Crippen MR) is 138 cm³/mol.